The van der Waals surface area contributed by atoms with Crippen LogP contribution in [-0.4, -0.2) is 37.6 Å². The summed E-state index contributed by atoms with van der Waals surface area (Å²) in [5.41, 5.74) is 3.87. The number of aliphatic imine (C=N–C) groups is 1. The molecule has 29 heavy (non-hydrogen) atoms. The number of rotatable bonds is 7. The highest BCUT2D eigenvalue weighted by Crippen LogP contribution is 2.25. The Morgan fingerprint density at radius 1 is 1.10 bits per heavy atom. The van der Waals surface area contributed by atoms with Crippen LogP contribution in [0.15, 0.2) is 53.8 Å². The molecule has 0 bridgehead atoms. The van der Waals surface area contributed by atoms with Crippen LogP contribution in [0, 0.1) is 5.92 Å². The van der Waals surface area contributed by atoms with Crippen molar-refractivity contribution < 1.29 is 0 Å². The molecule has 1 aliphatic heterocycles. The molecule has 1 aromatic carbocycles. The molecule has 1 saturated heterocycles. The third-order valence-electron chi connectivity index (χ3n) is 5.82. The molecular formula is C24H35N5. The SMILES string of the molecule is CN=C(NCC(c1cccnc1)C(C)C)NC(C)c1cccc(N2CCCC2)c1. The monoisotopic (exact) mass is 393 g/mol. The van der Waals surface area contributed by atoms with Crippen molar-refractivity contribution in [1.29, 1.82) is 0 Å². The first-order valence-corrected chi connectivity index (χ1v) is 10.8. The van der Waals surface area contributed by atoms with Crippen molar-refractivity contribution in [2.24, 2.45) is 10.9 Å². The van der Waals surface area contributed by atoms with Crippen molar-refractivity contribution in [1.82, 2.24) is 15.6 Å². The molecule has 0 amide bonds. The lowest BCUT2D eigenvalue weighted by Crippen LogP contribution is -2.41. The standard InChI is InChI=1S/C24H35N5/c1-18(2)23(21-10-8-12-26-16-21)17-27-24(25-4)28-19(3)20-9-7-11-22(15-20)29-13-5-6-14-29/h7-12,15-16,18-19,23H,5-6,13-14,17H2,1-4H3,(H2,25,27,28). The predicted molar refractivity (Wildman–Crippen MR) is 123 cm³/mol. The second kappa shape index (κ2) is 10.3. The second-order valence-electron chi connectivity index (χ2n) is 8.25. The number of pyridine rings is 1. The van der Waals surface area contributed by atoms with Gasteiger partial charge in [-0.15, -0.1) is 0 Å². The number of nitrogens with zero attached hydrogens (tertiary/aromatic N) is 3. The summed E-state index contributed by atoms with van der Waals surface area (Å²) in [6.45, 7) is 9.85. The smallest absolute Gasteiger partial charge is 0.191 e. The van der Waals surface area contributed by atoms with Crippen LogP contribution in [0.5, 0.6) is 0 Å². The minimum Gasteiger partial charge on any atom is -0.372 e. The van der Waals surface area contributed by atoms with Gasteiger partial charge in [-0.05, 0) is 55.0 Å². The van der Waals surface area contributed by atoms with E-state index in [0.717, 1.165) is 12.5 Å². The van der Waals surface area contributed by atoms with E-state index in [-0.39, 0.29) is 6.04 Å². The van der Waals surface area contributed by atoms with E-state index < -0.39 is 0 Å². The lowest BCUT2D eigenvalue weighted by molar-refractivity contribution is 0.485. The van der Waals surface area contributed by atoms with Gasteiger partial charge in [0.2, 0.25) is 0 Å². The Bertz CT molecular complexity index is 781. The first-order chi connectivity index (χ1) is 14.1. The van der Waals surface area contributed by atoms with E-state index in [9.17, 15) is 0 Å². The summed E-state index contributed by atoms with van der Waals surface area (Å²) in [4.78, 5) is 11.2. The van der Waals surface area contributed by atoms with Crippen molar-refractivity contribution in [2.75, 3.05) is 31.6 Å². The summed E-state index contributed by atoms with van der Waals surface area (Å²) in [6.07, 6.45) is 6.38. The average Bonchev–Trinajstić information content (AvgIpc) is 3.28. The van der Waals surface area contributed by atoms with Crippen LogP contribution in [0.1, 0.15) is 56.7 Å². The maximum Gasteiger partial charge on any atom is 0.191 e. The van der Waals surface area contributed by atoms with E-state index in [4.69, 9.17) is 0 Å². The molecule has 5 nitrogen and oxygen atoms in total. The Hall–Kier alpha value is -2.56. The molecule has 156 valence electrons. The van der Waals surface area contributed by atoms with Crippen molar-refractivity contribution in [2.45, 2.75) is 45.6 Å². The van der Waals surface area contributed by atoms with E-state index in [0.29, 0.717) is 11.8 Å². The molecule has 0 radical (unpaired) electrons. The highest BCUT2D eigenvalue weighted by Gasteiger charge is 2.18. The van der Waals surface area contributed by atoms with Gasteiger partial charge in [0, 0.05) is 50.7 Å². The molecule has 5 heteroatoms. The molecule has 3 rings (SSSR count). The Morgan fingerprint density at radius 3 is 2.52 bits per heavy atom. The number of hydrogen-bond donors (Lipinski definition) is 2. The Kier molecular flexibility index (Phi) is 7.50. The molecule has 1 aromatic heterocycles. The van der Waals surface area contributed by atoms with Gasteiger partial charge in [0.05, 0.1) is 6.04 Å². The quantitative estimate of drug-likeness (QED) is 0.542. The summed E-state index contributed by atoms with van der Waals surface area (Å²) in [5.74, 6) is 1.73. The fraction of sp³-hybridized carbons (Fsp3) is 0.500. The van der Waals surface area contributed by atoms with E-state index in [1.165, 1.54) is 42.7 Å². The lowest BCUT2D eigenvalue weighted by atomic mass is 9.89. The van der Waals surface area contributed by atoms with Gasteiger partial charge in [-0.1, -0.05) is 32.0 Å². The van der Waals surface area contributed by atoms with Crippen LogP contribution in [0.2, 0.25) is 0 Å². The molecule has 1 fully saturated rings. The fourth-order valence-corrected chi connectivity index (χ4v) is 3.99. The predicted octanol–water partition coefficient (Wildman–Crippen LogP) is 4.35. The minimum absolute atomic E-state index is 0.180. The molecule has 2 aromatic rings. The van der Waals surface area contributed by atoms with Gasteiger partial charge in [-0.3, -0.25) is 9.98 Å². The second-order valence-corrected chi connectivity index (χ2v) is 8.25. The topological polar surface area (TPSA) is 52.6 Å². The van der Waals surface area contributed by atoms with Gasteiger partial charge in [0.1, 0.15) is 0 Å². The maximum absolute atomic E-state index is 4.45. The first-order valence-electron chi connectivity index (χ1n) is 10.8. The Balaban J connectivity index is 1.61. The summed E-state index contributed by atoms with van der Waals surface area (Å²) in [7, 11) is 1.83. The zero-order valence-corrected chi connectivity index (χ0v) is 18.2. The van der Waals surface area contributed by atoms with Crippen molar-refractivity contribution in [3.8, 4) is 0 Å². The highest BCUT2D eigenvalue weighted by molar-refractivity contribution is 5.80. The normalized spacial score (nSPS) is 16.7. The summed E-state index contributed by atoms with van der Waals surface area (Å²) < 4.78 is 0. The van der Waals surface area contributed by atoms with Gasteiger partial charge in [-0.2, -0.15) is 0 Å². The average molecular weight is 394 g/mol. The van der Waals surface area contributed by atoms with Crippen LogP contribution < -0.4 is 15.5 Å². The molecule has 2 atom stereocenters. The number of benzene rings is 1. The van der Waals surface area contributed by atoms with Crippen molar-refractivity contribution in [3.63, 3.8) is 0 Å². The van der Waals surface area contributed by atoms with Gasteiger partial charge < -0.3 is 15.5 Å². The van der Waals surface area contributed by atoms with E-state index in [2.05, 4.69) is 76.6 Å². The number of hydrogen-bond acceptors (Lipinski definition) is 3. The Labute approximate surface area is 175 Å². The summed E-state index contributed by atoms with van der Waals surface area (Å²) in [6, 6.07) is 13.2. The molecular weight excluding hydrogens is 358 g/mol. The Morgan fingerprint density at radius 2 is 1.86 bits per heavy atom. The van der Waals surface area contributed by atoms with Crippen molar-refractivity contribution >= 4 is 11.6 Å². The molecule has 0 aliphatic carbocycles. The maximum atomic E-state index is 4.45. The molecule has 2 heterocycles. The zero-order chi connectivity index (χ0) is 20.6. The lowest BCUT2D eigenvalue weighted by Gasteiger charge is -2.25. The minimum atomic E-state index is 0.180. The number of nitrogens with one attached hydrogen (secondary N) is 2. The van der Waals surface area contributed by atoms with Crippen LogP contribution in [-0.2, 0) is 0 Å². The number of guanidine groups is 1. The van der Waals surface area contributed by atoms with Gasteiger partial charge in [-0.25, -0.2) is 0 Å². The van der Waals surface area contributed by atoms with Crippen LogP contribution in [0.3, 0.4) is 0 Å². The number of anilines is 1. The third-order valence-corrected chi connectivity index (χ3v) is 5.82. The van der Waals surface area contributed by atoms with E-state index in [1.807, 2.05) is 25.5 Å². The summed E-state index contributed by atoms with van der Waals surface area (Å²) in [5, 5.41) is 7.07. The fourth-order valence-electron chi connectivity index (χ4n) is 3.99. The van der Waals surface area contributed by atoms with Crippen LogP contribution in [0.4, 0.5) is 5.69 Å². The van der Waals surface area contributed by atoms with Gasteiger partial charge >= 0.3 is 0 Å². The van der Waals surface area contributed by atoms with Crippen LogP contribution >= 0.6 is 0 Å². The van der Waals surface area contributed by atoms with Gasteiger partial charge in [0.15, 0.2) is 5.96 Å². The zero-order valence-electron chi connectivity index (χ0n) is 18.2. The van der Waals surface area contributed by atoms with Gasteiger partial charge in [0.25, 0.3) is 0 Å². The molecule has 1 aliphatic rings. The first kappa shape index (κ1) is 21.2. The molecule has 2 N–H and O–H groups in total. The van der Waals surface area contributed by atoms with E-state index >= 15 is 0 Å². The number of aromatic nitrogens is 1. The molecule has 0 saturated carbocycles. The largest absolute Gasteiger partial charge is 0.372 e. The van der Waals surface area contributed by atoms with Crippen molar-refractivity contribution in [3.05, 3.63) is 59.9 Å². The molecule has 2 unspecified atom stereocenters. The van der Waals surface area contributed by atoms with E-state index in [1.54, 1.807) is 0 Å². The highest BCUT2D eigenvalue weighted by atomic mass is 15.2. The summed E-state index contributed by atoms with van der Waals surface area (Å²) >= 11 is 0. The third kappa shape index (κ3) is 5.72. The van der Waals surface area contributed by atoms with Crippen LogP contribution in [0.25, 0.3) is 0 Å². The molecule has 0 spiro atoms.